The lowest BCUT2D eigenvalue weighted by Crippen LogP contribution is -2.30. The van der Waals surface area contributed by atoms with Crippen molar-refractivity contribution in [3.63, 3.8) is 0 Å². The van der Waals surface area contributed by atoms with Crippen molar-refractivity contribution in [2.75, 3.05) is 24.2 Å². The summed E-state index contributed by atoms with van der Waals surface area (Å²) in [4.78, 5) is 12.2. The second kappa shape index (κ2) is 8.52. The fourth-order valence-electron chi connectivity index (χ4n) is 1.86. The van der Waals surface area contributed by atoms with E-state index in [4.69, 9.17) is 10.5 Å². The molecule has 0 saturated carbocycles. The van der Waals surface area contributed by atoms with Crippen molar-refractivity contribution in [2.45, 2.75) is 46.3 Å². The summed E-state index contributed by atoms with van der Waals surface area (Å²) >= 11 is 0. The van der Waals surface area contributed by atoms with Gasteiger partial charge in [-0.2, -0.15) is 0 Å². The maximum Gasteiger partial charge on any atom is 0.253 e. The highest BCUT2D eigenvalue weighted by atomic mass is 16.5. The van der Waals surface area contributed by atoms with Gasteiger partial charge in [-0.25, -0.2) is 0 Å². The van der Waals surface area contributed by atoms with Crippen LogP contribution in [0.1, 0.15) is 44.5 Å². The Hall–Kier alpha value is -1.75. The fraction of sp³-hybridized carbons (Fsp3) is 0.562. The number of carbonyl (C=O) groups excluding carboxylic acids is 1. The van der Waals surface area contributed by atoms with E-state index in [9.17, 15) is 4.79 Å². The van der Waals surface area contributed by atoms with Gasteiger partial charge in [0.15, 0.2) is 0 Å². The van der Waals surface area contributed by atoms with Crippen LogP contribution < -0.4 is 16.4 Å². The molecule has 1 rings (SSSR count). The SMILES string of the molecule is CC(C)NC(=O)c1cc(N)ccc1NCCCOC(C)C. The summed E-state index contributed by atoms with van der Waals surface area (Å²) in [5.74, 6) is -0.113. The third kappa shape index (κ3) is 6.49. The molecule has 0 spiro atoms. The van der Waals surface area contributed by atoms with Crippen LogP contribution in [-0.4, -0.2) is 31.2 Å². The molecule has 0 heterocycles. The van der Waals surface area contributed by atoms with E-state index in [0.717, 1.165) is 18.7 Å². The summed E-state index contributed by atoms with van der Waals surface area (Å²) in [6.07, 6.45) is 1.13. The Bertz CT molecular complexity index is 459. The highest BCUT2D eigenvalue weighted by Gasteiger charge is 2.12. The first-order valence-corrected chi connectivity index (χ1v) is 7.46. The van der Waals surface area contributed by atoms with E-state index in [1.54, 1.807) is 12.1 Å². The predicted octanol–water partition coefficient (Wildman–Crippen LogP) is 2.63. The van der Waals surface area contributed by atoms with Crippen LogP contribution >= 0.6 is 0 Å². The molecule has 0 aliphatic rings. The minimum absolute atomic E-state index is 0.0891. The van der Waals surface area contributed by atoms with Crippen molar-refractivity contribution in [1.29, 1.82) is 0 Å². The molecule has 1 aromatic rings. The van der Waals surface area contributed by atoms with E-state index >= 15 is 0 Å². The maximum absolute atomic E-state index is 12.2. The Labute approximate surface area is 127 Å². The average Bonchev–Trinajstić information content (AvgIpc) is 2.38. The van der Waals surface area contributed by atoms with Crippen molar-refractivity contribution in [3.05, 3.63) is 23.8 Å². The average molecular weight is 293 g/mol. The minimum Gasteiger partial charge on any atom is -0.399 e. The summed E-state index contributed by atoms with van der Waals surface area (Å²) in [6, 6.07) is 5.42. The highest BCUT2D eigenvalue weighted by molar-refractivity contribution is 6.00. The summed E-state index contributed by atoms with van der Waals surface area (Å²) in [7, 11) is 0. The van der Waals surface area contributed by atoms with Gasteiger partial charge in [-0.1, -0.05) is 0 Å². The fourth-order valence-corrected chi connectivity index (χ4v) is 1.86. The van der Waals surface area contributed by atoms with Gasteiger partial charge in [0.25, 0.3) is 5.91 Å². The van der Waals surface area contributed by atoms with Crippen molar-refractivity contribution in [3.8, 4) is 0 Å². The van der Waals surface area contributed by atoms with Gasteiger partial charge in [0.2, 0.25) is 0 Å². The summed E-state index contributed by atoms with van der Waals surface area (Å²) in [5, 5.41) is 6.16. The standard InChI is InChI=1S/C16H27N3O2/c1-11(2)19-16(20)14-10-13(17)6-7-15(14)18-8-5-9-21-12(3)4/h6-7,10-12,18H,5,8-9,17H2,1-4H3,(H,19,20). The number of hydrogen-bond acceptors (Lipinski definition) is 4. The first-order valence-electron chi connectivity index (χ1n) is 7.46. The molecular weight excluding hydrogens is 266 g/mol. The maximum atomic E-state index is 12.2. The summed E-state index contributed by atoms with van der Waals surface area (Å²) in [6.45, 7) is 9.34. The Kier molecular flexibility index (Phi) is 7.02. The van der Waals surface area contributed by atoms with Crippen LogP contribution in [0.3, 0.4) is 0 Å². The lowest BCUT2D eigenvalue weighted by molar-refractivity contribution is 0.0787. The van der Waals surface area contributed by atoms with Crippen molar-refractivity contribution < 1.29 is 9.53 Å². The minimum atomic E-state index is -0.113. The molecular formula is C16H27N3O2. The number of ether oxygens (including phenoxy) is 1. The van der Waals surface area contributed by atoms with Gasteiger partial charge in [0, 0.05) is 30.6 Å². The lowest BCUT2D eigenvalue weighted by Gasteiger charge is -2.15. The van der Waals surface area contributed by atoms with E-state index in [2.05, 4.69) is 10.6 Å². The molecule has 0 bridgehead atoms. The highest BCUT2D eigenvalue weighted by Crippen LogP contribution is 2.19. The summed E-state index contributed by atoms with van der Waals surface area (Å²) < 4.78 is 5.49. The molecule has 0 aromatic heterocycles. The third-order valence-corrected chi connectivity index (χ3v) is 2.80. The zero-order valence-electron chi connectivity index (χ0n) is 13.4. The topological polar surface area (TPSA) is 76.4 Å². The first-order chi connectivity index (χ1) is 9.90. The smallest absolute Gasteiger partial charge is 0.253 e. The van der Waals surface area contributed by atoms with Gasteiger partial charge in [0.05, 0.1) is 11.7 Å². The van der Waals surface area contributed by atoms with Gasteiger partial charge in [-0.15, -0.1) is 0 Å². The zero-order valence-corrected chi connectivity index (χ0v) is 13.4. The van der Waals surface area contributed by atoms with Crippen LogP contribution in [0.4, 0.5) is 11.4 Å². The van der Waals surface area contributed by atoms with E-state index in [-0.39, 0.29) is 18.1 Å². The number of carbonyl (C=O) groups is 1. The van der Waals surface area contributed by atoms with Crippen molar-refractivity contribution in [1.82, 2.24) is 5.32 Å². The number of hydrogen-bond donors (Lipinski definition) is 3. The van der Waals surface area contributed by atoms with Gasteiger partial charge >= 0.3 is 0 Å². The molecule has 0 unspecified atom stereocenters. The number of nitrogens with two attached hydrogens (primary N) is 1. The van der Waals surface area contributed by atoms with Crippen LogP contribution in [0.5, 0.6) is 0 Å². The van der Waals surface area contributed by atoms with E-state index < -0.39 is 0 Å². The second-order valence-corrected chi connectivity index (χ2v) is 5.63. The number of rotatable bonds is 8. The van der Waals surface area contributed by atoms with Crippen LogP contribution in [0.2, 0.25) is 0 Å². The quantitative estimate of drug-likeness (QED) is 0.509. The van der Waals surface area contributed by atoms with E-state index in [1.807, 2.05) is 33.8 Å². The number of nitrogens with one attached hydrogen (secondary N) is 2. The molecule has 0 saturated heterocycles. The molecule has 0 radical (unpaired) electrons. The number of nitrogen functional groups attached to an aromatic ring is 1. The number of amides is 1. The zero-order chi connectivity index (χ0) is 15.8. The van der Waals surface area contributed by atoms with Crippen LogP contribution in [0.25, 0.3) is 0 Å². The number of anilines is 2. The molecule has 4 N–H and O–H groups in total. The van der Waals surface area contributed by atoms with Crippen LogP contribution in [0.15, 0.2) is 18.2 Å². The molecule has 1 aromatic carbocycles. The molecule has 118 valence electrons. The van der Waals surface area contributed by atoms with E-state index in [1.165, 1.54) is 0 Å². The van der Waals surface area contributed by atoms with Gasteiger partial charge in [-0.05, 0) is 52.3 Å². The van der Waals surface area contributed by atoms with Gasteiger partial charge < -0.3 is 21.1 Å². The molecule has 0 fully saturated rings. The third-order valence-electron chi connectivity index (χ3n) is 2.80. The summed E-state index contributed by atoms with van der Waals surface area (Å²) in [5.41, 5.74) is 7.73. The normalized spacial score (nSPS) is 11.0. The van der Waals surface area contributed by atoms with E-state index in [0.29, 0.717) is 17.9 Å². The monoisotopic (exact) mass is 293 g/mol. The Morgan fingerprint density at radius 3 is 2.62 bits per heavy atom. The first kappa shape index (κ1) is 17.3. The van der Waals surface area contributed by atoms with Crippen molar-refractivity contribution >= 4 is 17.3 Å². The molecule has 21 heavy (non-hydrogen) atoms. The van der Waals surface area contributed by atoms with Crippen LogP contribution in [-0.2, 0) is 4.74 Å². The van der Waals surface area contributed by atoms with Crippen molar-refractivity contribution in [2.24, 2.45) is 0 Å². The lowest BCUT2D eigenvalue weighted by atomic mass is 10.1. The Morgan fingerprint density at radius 2 is 2.00 bits per heavy atom. The number of benzene rings is 1. The molecule has 0 aliphatic heterocycles. The largest absolute Gasteiger partial charge is 0.399 e. The molecule has 5 nitrogen and oxygen atoms in total. The van der Waals surface area contributed by atoms with Gasteiger partial charge in [-0.3, -0.25) is 4.79 Å². The van der Waals surface area contributed by atoms with Crippen LogP contribution in [0, 0.1) is 0 Å². The van der Waals surface area contributed by atoms with Gasteiger partial charge in [0.1, 0.15) is 0 Å². The predicted molar refractivity (Wildman–Crippen MR) is 87.7 cm³/mol. The Balaban J connectivity index is 2.62. The molecule has 5 heteroatoms. The second-order valence-electron chi connectivity index (χ2n) is 5.63. The molecule has 0 aliphatic carbocycles. The molecule has 0 atom stereocenters. The Morgan fingerprint density at radius 1 is 1.29 bits per heavy atom. The molecule has 1 amide bonds.